The van der Waals surface area contributed by atoms with E-state index in [4.69, 9.17) is 21.1 Å². The van der Waals surface area contributed by atoms with Gasteiger partial charge in [-0.15, -0.1) is 0 Å². The summed E-state index contributed by atoms with van der Waals surface area (Å²) >= 11 is 0. The number of hydrogen-bond acceptors (Lipinski definition) is 5. The van der Waals surface area contributed by atoms with Crippen LogP contribution in [-0.2, 0) is 19.3 Å². The Morgan fingerprint density at radius 1 is 1.50 bits per heavy atom. The highest BCUT2D eigenvalue weighted by molar-refractivity contribution is 6.08. The maximum absolute atomic E-state index is 11.2. The Morgan fingerprint density at radius 3 is 2.29 bits per heavy atom. The third-order valence-corrected chi connectivity index (χ3v) is 2.15. The Hall–Kier alpha value is -1.18. The normalized spacial score (nSPS) is 26.3. The van der Waals surface area contributed by atoms with E-state index in [1.807, 2.05) is 0 Å². The lowest BCUT2D eigenvalue weighted by Crippen LogP contribution is -2.61. The molecule has 4 N–H and O–H groups in total. The van der Waals surface area contributed by atoms with Gasteiger partial charge in [0, 0.05) is 6.42 Å². The van der Waals surface area contributed by atoms with Gasteiger partial charge in [0.25, 0.3) is 11.8 Å². The Labute approximate surface area is 80.8 Å². The van der Waals surface area contributed by atoms with Crippen molar-refractivity contribution < 1.29 is 19.3 Å². The fourth-order valence-corrected chi connectivity index (χ4v) is 1.48. The van der Waals surface area contributed by atoms with E-state index in [1.54, 1.807) is 6.92 Å². The molecule has 1 unspecified atom stereocenters. The van der Waals surface area contributed by atoms with E-state index in [-0.39, 0.29) is 12.5 Å². The Bertz CT molecular complexity index is 254. The maximum atomic E-state index is 11.2. The largest absolute Gasteiger partial charge is 0.367 e. The van der Waals surface area contributed by atoms with E-state index < -0.39 is 17.4 Å². The van der Waals surface area contributed by atoms with Gasteiger partial charge in [0.05, 0.1) is 13.2 Å². The third-order valence-electron chi connectivity index (χ3n) is 2.15. The number of hydrogen-bond donors (Lipinski definition) is 2. The quantitative estimate of drug-likeness (QED) is 0.530. The van der Waals surface area contributed by atoms with Crippen molar-refractivity contribution in [2.75, 3.05) is 7.11 Å². The van der Waals surface area contributed by atoms with Crippen molar-refractivity contribution in [3.63, 3.8) is 0 Å². The summed E-state index contributed by atoms with van der Waals surface area (Å²) in [6.45, 7) is 1.68. The number of carbonyl (C=O) groups excluding carboxylic acids is 2. The lowest BCUT2D eigenvalue weighted by molar-refractivity contribution is -0.363. The zero-order chi connectivity index (χ0) is 10.9. The number of nitrogens with zero attached hydrogens (tertiary/aromatic N) is 1. The molecule has 14 heavy (non-hydrogen) atoms. The minimum Gasteiger partial charge on any atom is -0.367 e. The van der Waals surface area contributed by atoms with Gasteiger partial charge in [-0.05, 0) is 12.2 Å². The van der Waals surface area contributed by atoms with Crippen LogP contribution in [0.2, 0.25) is 0 Å². The van der Waals surface area contributed by atoms with Crippen LogP contribution in [0.25, 0.3) is 0 Å². The summed E-state index contributed by atoms with van der Waals surface area (Å²) < 4.78 is 0. The van der Waals surface area contributed by atoms with Crippen LogP contribution in [0, 0.1) is 0 Å². The first-order chi connectivity index (χ1) is 6.45. The van der Waals surface area contributed by atoms with Gasteiger partial charge in [0.15, 0.2) is 0 Å². The van der Waals surface area contributed by atoms with E-state index in [1.165, 1.54) is 7.11 Å². The molecular formula is C7H13N3O4. The van der Waals surface area contributed by atoms with Crippen LogP contribution in [0.1, 0.15) is 13.3 Å². The lowest BCUT2D eigenvalue weighted by atomic mass is 9.93. The van der Waals surface area contributed by atoms with Gasteiger partial charge in [-0.1, -0.05) is 0 Å². The zero-order valence-electron chi connectivity index (χ0n) is 8.02. The minimum absolute atomic E-state index is 0.0888. The number of rotatable bonds is 3. The van der Waals surface area contributed by atoms with Crippen LogP contribution in [0.5, 0.6) is 0 Å². The molecule has 0 radical (unpaired) electrons. The van der Waals surface area contributed by atoms with E-state index in [0.717, 1.165) is 5.23 Å². The summed E-state index contributed by atoms with van der Waals surface area (Å²) in [5.41, 5.74) is 8.54. The fraction of sp³-hybridized carbons (Fsp3) is 0.714. The smallest absolute Gasteiger partial charge is 0.252 e. The van der Waals surface area contributed by atoms with Crippen molar-refractivity contribution in [1.29, 1.82) is 0 Å². The second-order valence-corrected chi connectivity index (χ2v) is 3.15. The maximum Gasteiger partial charge on any atom is 0.252 e. The number of nitrogens with two attached hydrogens (primary N) is 2. The summed E-state index contributed by atoms with van der Waals surface area (Å²) in [5.74, 6) is -1.76. The molecule has 2 amide bonds. The topological polar surface area (TPSA) is 108 Å². The average Bonchev–Trinajstić information content (AvgIpc) is 2.43. The van der Waals surface area contributed by atoms with Crippen LogP contribution in [0.3, 0.4) is 0 Å². The molecule has 1 aliphatic heterocycles. The molecule has 1 aliphatic rings. The summed E-state index contributed by atoms with van der Waals surface area (Å²) in [6.07, 6.45) is -0.263. The summed E-state index contributed by atoms with van der Waals surface area (Å²) in [4.78, 5) is 32.2. The van der Waals surface area contributed by atoms with Gasteiger partial charge in [-0.3, -0.25) is 19.3 Å². The molecule has 1 fully saturated rings. The predicted molar refractivity (Wildman–Crippen MR) is 45.1 cm³/mol. The molecule has 0 spiro atoms. The molecule has 1 saturated heterocycles. The molecule has 0 saturated carbocycles. The van der Waals surface area contributed by atoms with Crippen LogP contribution in [-0.4, -0.2) is 35.8 Å². The van der Waals surface area contributed by atoms with Crippen molar-refractivity contribution in [3.05, 3.63) is 0 Å². The van der Waals surface area contributed by atoms with E-state index in [2.05, 4.69) is 0 Å². The predicted octanol–water partition coefficient (Wildman–Crippen LogP) is -1.72. The van der Waals surface area contributed by atoms with Gasteiger partial charge in [-0.2, -0.15) is 0 Å². The molecule has 7 heteroatoms. The summed E-state index contributed by atoms with van der Waals surface area (Å²) in [7, 11) is 1.26. The first-order valence-corrected chi connectivity index (χ1v) is 4.06. The van der Waals surface area contributed by atoms with Crippen molar-refractivity contribution in [2.24, 2.45) is 11.5 Å². The molecule has 1 rings (SSSR count). The zero-order valence-corrected chi connectivity index (χ0v) is 8.02. The molecule has 0 aromatic carbocycles. The third kappa shape index (κ3) is 1.35. The second kappa shape index (κ2) is 3.52. The van der Waals surface area contributed by atoms with Crippen LogP contribution in [0.15, 0.2) is 0 Å². The number of primary amides is 2. The Morgan fingerprint density at radius 2 is 2.00 bits per heavy atom. The number of amides is 2. The lowest BCUT2D eigenvalue weighted by Gasteiger charge is -2.27. The van der Waals surface area contributed by atoms with Gasteiger partial charge in [0.1, 0.15) is 0 Å². The molecule has 0 aromatic rings. The summed E-state index contributed by atoms with van der Waals surface area (Å²) in [5, 5.41) is 0.766. The second-order valence-electron chi connectivity index (χ2n) is 3.15. The Kier molecular flexibility index (Phi) is 2.74. The van der Waals surface area contributed by atoms with Crippen molar-refractivity contribution in [1.82, 2.24) is 5.23 Å². The van der Waals surface area contributed by atoms with Gasteiger partial charge >= 0.3 is 0 Å². The van der Waals surface area contributed by atoms with E-state index in [9.17, 15) is 9.59 Å². The van der Waals surface area contributed by atoms with Crippen LogP contribution in [0.4, 0.5) is 0 Å². The Balaban J connectivity index is 3.08. The SMILES string of the molecule is CON1OC(C)CC1(C(N)=O)C(N)=O. The molecule has 1 atom stereocenters. The fourth-order valence-electron chi connectivity index (χ4n) is 1.48. The highest BCUT2D eigenvalue weighted by Crippen LogP contribution is 2.31. The first kappa shape index (κ1) is 10.9. The van der Waals surface area contributed by atoms with Crippen molar-refractivity contribution in [2.45, 2.75) is 25.0 Å². The van der Waals surface area contributed by atoms with Gasteiger partial charge in [0.2, 0.25) is 5.54 Å². The summed E-state index contributed by atoms with van der Waals surface area (Å²) in [6, 6.07) is 0. The molecular weight excluding hydrogens is 190 g/mol. The van der Waals surface area contributed by atoms with Crippen molar-refractivity contribution in [3.8, 4) is 0 Å². The number of hydroxylamine groups is 2. The van der Waals surface area contributed by atoms with Crippen molar-refractivity contribution >= 4 is 11.8 Å². The number of carbonyl (C=O) groups is 2. The molecule has 7 nitrogen and oxygen atoms in total. The molecule has 0 bridgehead atoms. The molecule has 0 aromatic heterocycles. The molecule has 1 heterocycles. The van der Waals surface area contributed by atoms with Gasteiger partial charge < -0.3 is 11.5 Å². The molecule has 0 aliphatic carbocycles. The monoisotopic (exact) mass is 203 g/mol. The van der Waals surface area contributed by atoms with Gasteiger partial charge in [-0.25, -0.2) is 0 Å². The minimum atomic E-state index is -1.70. The molecule has 80 valence electrons. The van der Waals surface area contributed by atoms with E-state index >= 15 is 0 Å². The standard InChI is InChI=1S/C7H13N3O4/c1-4-3-7(5(8)11,6(9)12)10(13-2)14-4/h4H,3H2,1-2H3,(H2,8,11)(H2,9,12). The van der Waals surface area contributed by atoms with Crippen LogP contribution >= 0.6 is 0 Å². The average molecular weight is 203 g/mol. The van der Waals surface area contributed by atoms with Crippen LogP contribution < -0.4 is 11.5 Å². The first-order valence-electron chi connectivity index (χ1n) is 4.06. The van der Waals surface area contributed by atoms with E-state index in [0.29, 0.717) is 0 Å². The highest BCUT2D eigenvalue weighted by atomic mass is 17.0. The highest BCUT2D eigenvalue weighted by Gasteiger charge is 2.56.